The van der Waals surface area contributed by atoms with Crippen molar-refractivity contribution in [3.63, 3.8) is 0 Å². The van der Waals surface area contributed by atoms with Crippen LogP contribution < -0.4 is 10.1 Å². The number of amides is 1. The topological polar surface area (TPSA) is 56.1 Å². The van der Waals surface area contributed by atoms with E-state index in [4.69, 9.17) is 4.74 Å². The first-order valence-corrected chi connectivity index (χ1v) is 9.38. The Labute approximate surface area is 157 Å². The van der Waals surface area contributed by atoms with Gasteiger partial charge in [0, 0.05) is 28.4 Å². The van der Waals surface area contributed by atoms with Gasteiger partial charge < -0.3 is 9.30 Å². The van der Waals surface area contributed by atoms with Gasteiger partial charge >= 0.3 is 0 Å². The van der Waals surface area contributed by atoms with Crippen LogP contribution in [0.25, 0.3) is 11.3 Å². The molecule has 5 nitrogen and oxygen atoms in total. The number of rotatable bonds is 5. The molecule has 0 atom stereocenters. The summed E-state index contributed by atoms with van der Waals surface area (Å²) in [6.45, 7) is 8.23. The molecule has 0 radical (unpaired) electrons. The van der Waals surface area contributed by atoms with Gasteiger partial charge in [0.15, 0.2) is 5.13 Å². The largest absolute Gasteiger partial charge is 0.497 e. The fourth-order valence-electron chi connectivity index (χ4n) is 3.19. The lowest BCUT2D eigenvalue weighted by molar-refractivity contribution is 0.102. The molecular weight excluding hydrogens is 346 g/mol. The van der Waals surface area contributed by atoms with E-state index in [-0.39, 0.29) is 5.91 Å². The molecule has 26 heavy (non-hydrogen) atoms. The zero-order chi connectivity index (χ0) is 18.8. The summed E-state index contributed by atoms with van der Waals surface area (Å²) in [6.07, 6.45) is 0. The molecule has 0 spiro atoms. The van der Waals surface area contributed by atoms with Crippen LogP contribution in [0.15, 0.2) is 35.7 Å². The van der Waals surface area contributed by atoms with Crippen LogP contribution >= 0.6 is 11.3 Å². The number of aromatic nitrogens is 2. The average molecular weight is 369 g/mol. The number of carbonyl (C=O) groups is 1. The lowest BCUT2D eigenvalue weighted by Gasteiger charge is -2.13. The number of benzene rings is 1. The smallest absolute Gasteiger partial charge is 0.259 e. The van der Waals surface area contributed by atoms with Crippen molar-refractivity contribution in [2.45, 2.75) is 33.7 Å². The Bertz CT molecular complexity index is 923. The molecule has 3 aromatic rings. The molecule has 136 valence electrons. The third-order valence-electron chi connectivity index (χ3n) is 4.36. The molecule has 0 fully saturated rings. The number of carbonyl (C=O) groups excluding carboxylic acids is 1. The van der Waals surface area contributed by atoms with Gasteiger partial charge in [0.25, 0.3) is 5.91 Å². The van der Waals surface area contributed by atoms with Crippen LogP contribution in [0.5, 0.6) is 5.75 Å². The van der Waals surface area contributed by atoms with E-state index >= 15 is 0 Å². The van der Waals surface area contributed by atoms with E-state index < -0.39 is 0 Å². The van der Waals surface area contributed by atoms with E-state index in [0.29, 0.717) is 16.7 Å². The first-order chi connectivity index (χ1) is 12.4. The highest BCUT2D eigenvalue weighted by atomic mass is 32.1. The van der Waals surface area contributed by atoms with Crippen molar-refractivity contribution in [2.75, 3.05) is 12.4 Å². The highest BCUT2D eigenvalue weighted by Gasteiger charge is 2.18. The Hall–Kier alpha value is -2.60. The standard InChI is InChI=1S/C20H23N3O2S/c1-12(2)23-13(3)10-17(14(23)4)19(24)22-20-21-18(11-26-20)15-6-8-16(25-5)9-7-15/h6-12H,1-5H3,(H,21,22,24). The van der Waals surface area contributed by atoms with Crippen LogP contribution in [0.1, 0.15) is 41.6 Å². The molecule has 1 N–H and O–H groups in total. The van der Waals surface area contributed by atoms with Crippen LogP contribution in [-0.4, -0.2) is 22.6 Å². The molecule has 0 aliphatic carbocycles. The van der Waals surface area contributed by atoms with E-state index in [1.54, 1.807) is 7.11 Å². The molecular formula is C20H23N3O2S. The second-order valence-corrected chi connectivity index (χ2v) is 7.33. The Balaban J connectivity index is 1.78. The number of nitrogens with one attached hydrogen (secondary N) is 1. The van der Waals surface area contributed by atoms with Crippen molar-refractivity contribution in [3.8, 4) is 17.0 Å². The normalized spacial score (nSPS) is 11.0. The van der Waals surface area contributed by atoms with Gasteiger partial charge in [-0.1, -0.05) is 0 Å². The minimum atomic E-state index is -0.124. The van der Waals surface area contributed by atoms with Gasteiger partial charge in [-0.3, -0.25) is 10.1 Å². The Morgan fingerprint density at radius 3 is 2.50 bits per heavy atom. The summed E-state index contributed by atoms with van der Waals surface area (Å²) in [5, 5.41) is 5.45. The van der Waals surface area contributed by atoms with Crippen LogP contribution in [0, 0.1) is 13.8 Å². The summed E-state index contributed by atoms with van der Waals surface area (Å²) >= 11 is 1.42. The number of hydrogen-bond donors (Lipinski definition) is 1. The third-order valence-corrected chi connectivity index (χ3v) is 5.11. The van der Waals surface area contributed by atoms with E-state index in [2.05, 4.69) is 28.7 Å². The molecule has 0 saturated heterocycles. The number of aryl methyl sites for hydroxylation is 1. The Morgan fingerprint density at radius 1 is 1.23 bits per heavy atom. The molecule has 0 aliphatic rings. The van der Waals surface area contributed by atoms with Gasteiger partial charge in [-0.15, -0.1) is 11.3 Å². The van der Waals surface area contributed by atoms with Gasteiger partial charge in [-0.05, 0) is 58.0 Å². The number of nitrogens with zero attached hydrogens (tertiary/aromatic N) is 2. The van der Waals surface area contributed by atoms with Gasteiger partial charge in [0.05, 0.1) is 18.4 Å². The molecule has 0 aliphatic heterocycles. The number of hydrogen-bond acceptors (Lipinski definition) is 4. The fourth-order valence-corrected chi connectivity index (χ4v) is 3.91. The Kier molecular flexibility index (Phi) is 5.13. The van der Waals surface area contributed by atoms with E-state index in [9.17, 15) is 4.79 Å². The van der Waals surface area contributed by atoms with Crippen LogP contribution in [-0.2, 0) is 0 Å². The van der Waals surface area contributed by atoms with Crippen LogP contribution in [0.3, 0.4) is 0 Å². The molecule has 0 saturated carbocycles. The van der Waals surface area contributed by atoms with Gasteiger partial charge in [-0.2, -0.15) is 0 Å². The predicted octanol–water partition coefficient (Wildman–Crippen LogP) is 5.07. The number of thiazole rings is 1. The zero-order valence-electron chi connectivity index (χ0n) is 15.7. The van der Waals surface area contributed by atoms with Crippen molar-refractivity contribution in [3.05, 3.63) is 52.7 Å². The number of anilines is 1. The first-order valence-electron chi connectivity index (χ1n) is 8.50. The summed E-state index contributed by atoms with van der Waals surface area (Å²) in [6, 6.07) is 9.95. The lowest BCUT2D eigenvalue weighted by atomic mass is 10.2. The summed E-state index contributed by atoms with van der Waals surface area (Å²) in [5.41, 5.74) is 4.57. The van der Waals surface area contributed by atoms with Crippen molar-refractivity contribution in [1.82, 2.24) is 9.55 Å². The number of methoxy groups -OCH3 is 1. The summed E-state index contributed by atoms with van der Waals surface area (Å²) in [4.78, 5) is 17.2. The molecule has 3 rings (SSSR count). The molecule has 2 aromatic heterocycles. The van der Waals surface area contributed by atoms with Crippen molar-refractivity contribution in [1.29, 1.82) is 0 Å². The third kappa shape index (κ3) is 3.51. The molecule has 0 bridgehead atoms. The second-order valence-electron chi connectivity index (χ2n) is 6.47. The van der Waals surface area contributed by atoms with E-state index in [1.165, 1.54) is 11.3 Å². The van der Waals surface area contributed by atoms with Crippen molar-refractivity contribution >= 4 is 22.4 Å². The highest BCUT2D eigenvalue weighted by molar-refractivity contribution is 7.14. The molecule has 2 heterocycles. The molecule has 6 heteroatoms. The maximum Gasteiger partial charge on any atom is 0.259 e. The zero-order valence-corrected chi connectivity index (χ0v) is 16.5. The quantitative estimate of drug-likeness (QED) is 0.683. The minimum absolute atomic E-state index is 0.124. The molecule has 1 aromatic carbocycles. The van der Waals surface area contributed by atoms with Gasteiger partial charge in [0.1, 0.15) is 5.75 Å². The number of ether oxygens (including phenoxy) is 1. The maximum atomic E-state index is 12.7. The van der Waals surface area contributed by atoms with Crippen LogP contribution in [0.4, 0.5) is 5.13 Å². The summed E-state index contributed by atoms with van der Waals surface area (Å²) in [5.74, 6) is 0.679. The second kappa shape index (κ2) is 7.33. The summed E-state index contributed by atoms with van der Waals surface area (Å²) in [7, 11) is 1.64. The van der Waals surface area contributed by atoms with Crippen LogP contribution in [0.2, 0.25) is 0 Å². The van der Waals surface area contributed by atoms with Crippen molar-refractivity contribution in [2.24, 2.45) is 0 Å². The predicted molar refractivity (Wildman–Crippen MR) is 106 cm³/mol. The van der Waals surface area contributed by atoms with Gasteiger partial charge in [-0.25, -0.2) is 4.98 Å². The van der Waals surface area contributed by atoms with Crippen molar-refractivity contribution < 1.29 is 9.53 Å². The molecule has 1 amide bonds. The average Bonchev–Trinajstić information content (AvgIpc) is 3.19. The summed E-state index contributed by atoms with van der Waals surface area (Å²) < 4.78 is 7.34. The van der Waals surface area contributed by atoms with E-state index in [1.807, 2.05) is 49.6 Å². The minimum Gasteiger partial charge on any atom is -0.497 e. The lowest BCUT2D eigenvalue weighted by Crippen LogP contribution is -2.13. The monoisotopic (exact) mass is 369 g/mol. The van der Waals surface area contributed by atoms with Gasteiger partial charge in [0.2, 0.25) is 0 Å². The highest BCUT2D eigenvalue weighted by Crippen LogP contribution is 2.27. The van der Waals surface area contributed by atoms with E-state index in [0.717, 1.165) is 28.4 Å². The first kappa shape index (κ1) is 18.2. The fraction of sp³-hybridized carbons (Fsp3) is 0.300. The Morgan fingerprint density at radius 2 is 1.92 bits per heavy atom. The SMILES string of the molecule is COc1ccc(-c2csc(NC(=O)c3cc(C)n(C(C)C)c3C)n2)cc1. The molecule has 0 unspecified atom stereocenters. The maximum absolute atomic E-state index is 12.7.